The minimum absolute atomic E-state index is 0.381. The third kappa shape index (κ3) is 6.52. The molecule has 0 saturated heterocycles. The Labute approximate surface area is 238 Å². The molecule has 0 aliphatic rings. The molecule has 0 saturated carbocycles. The molecule has 0 aliphatic heterocycles. The second-order valence-corrected chi connectivity index (χ2v) is 12.1. The smallest absolute Gasteiger partial charge is 0.354 e. The first-order valence-corrected chi connectivity index (χ1v) is 13.7. The number of esters is 2. The van der Waals surface area contributed by atoms with Crippen molar-refractivity contribution in [2.24, 2.45) is 0 Å². The number of ether oxygens (including phenoxy) is 2. The van der Waals surface area contributed by atoms with Crippen molar-refractivity contribution in [2.45, 2.75) is 42.7 Å². The first-order chi connectivity index (χ1) is 17.4. The lowest BCUT2D eigenvalue weighted by Crippen LogP contribution is -2.23. The van der Waals surface area contributed by atoms with Crippen LogP contribution in [0.25, 0.3) is 10.9 Å². The van der Waals surface area contributed by atoms with Crippen LogP contribution in [-0.2, 0) is 16.0 Å². The third-order valence-electron chi connectivity index (χ3n) is 5.39. The summed E-state index contributed by atoms with van der Waals surface area (Å²) in [5, 5.41) is 1.86. The van der Waals surface area contributed by atoms with E-state index >= 15 is 0 Å². The summed E-state index contributed by atoms with van der Waals surface area (Å²) in [6.07, 6.45) is 0. The Hall–Kier alpha value is -2.45. The van der Waals surface area contributed by atoms with Crippen LogP contribution in [0.5, 0.6) is 0 Å². The Morgan fingerprint density at radius 3 is 2.24 bits per heavy atom. The molecule has 9 heteroatoms. The molecule has 5 nitrogen and oxygen atoms in total. The van der Waals surface area contributed by atoms with Gasteiger partial charge in [0, 0.05) is 26.2 Å². The van der Waals surface area contributed by atoms with Gasteiger partial charge in [-0.25, -0.2) is 9.59 Å². The molecule has 0 bridgehead atoms. The van der Waals surface area contributed by atoms with Crippen molar-refractivity contribution in [3.05, 3.63) is 92.0 Å². The summed E-state index contributed by atoms with van der Waals surface area (Å²) < 4.78 is 13.3. The molecular formula is C28H24BrCl2NO4S. The molecule has 4 aromatic rings. The fourth-order valence-corrected chi connectivity index (χ4v) is 5.75. The molecule has 0 unspecified atom stereocenters. The van der Waals surface area contributed by atoms with Crippen molar-refractivity contribution in [2.75, 3.05) is 7.11 Å². The molecule has 0 atom stereocenters. The number of hydrogen-bond acceptors (Lipinski definition) is 5. The van der Waals surface area contributed by atoms with Crippen LogP contribution in [0, 0.1) is 0 Å². The van der Waals surface area contributed by atoms with E-state index in [9.17, 15) is 9.59 Å². The number of methoxy groups -OCH3 is 1. The van der Waals surface area contributed by atoms with Gasteiger partial charge in [-0.1, -0.05) is 63.0 Å². The van der Waals surface area contributed by atoms with Crippen LogP contribution >= 0.6 is 50.9 Å². The Morgan fingerprint density at radius 2 is 1.62 bits per heavy atom. The van der Waals surface area contributed by atoms with Gasteiger partial charge in [0.05, 0.1) is 28.2 Å². The summed E-state index contributed by atoms with van der Waals surface area (Å²) in [7, 11) is 1.36. The zero-order chi connectivity index (χ0) is 26.9. The van der Waals surface area contributed by atoms with E-state index in [1.807, 2.05) is 67.8 Å². The highest BCUT2D eigenvalue weighted by Gasteiger charge is 2.20. The van der Waals surface area contributed by atoms with E-state index in [0.717, 1.165) is 30.7 Å². The van der Waals surface area contributed by atoms with Crippen molar-refractivity contribution < 1.29 is 19.1 Å². The highest BCUT2D eigenvalue weighted by molar-refractivity contribution is 9.10. The summed E-state index contributed by atoms with van der Waals surface area (Å²) in [5.41, 5.74) is 2.08. The normalized spacial score (nSPS) is 11.5. The first-order valence-electron chi connectivity index (χ1n) is 11.3. The predicted molar refractivity (Wildman–Crippen MR) is 152 cm³/mol. The number of carbonyl (C=O) groups excluding carboxylic acids is 2. The lowest BCUT2D eigenvalue weighted by atomic mass is 10.1. The van der Waals surface area contributed by atoms with E-state index in [2.05, 4.69) is 15.9 Å². The molecule has 0 spiro atoms. The maximum absolute atomic E-state index is 12.7. The number of hydrogen-bond donors (Lipinski definition) is 0. The van der Waals surface area contributed by atoms with E-state index < -0.39 is 11.6 Å². The number of nitrogens with zero attached hydrogens (tertiary/aromatic N) is 1. The fraction of sp³-hybridized carbons (Fsp3) is 0.214. The lowest BCUT2D eigenvalue weighted by Gasteiger charge is -2.19. The first kappa shape index (κ1) is 27.6. The van der Waals surface area contributed by atoms with E-state index in [1.165, 1.54) is 18.9 Å². The minimum Gasteiger partial charge on any atom is -0.464 e. The molecule has 3 aromatic carbocycles. The molecule has 1 aromatic heterocycles. The van der Waals surface area contributed by atoms with E-state index in [0.29, 0.717) is 27.8 Å². The minimum atomic E-state index is -0.574. The van der Waals surface area contributed by atoms with Crippen LogP contribution in [0.15, 0.2) is 74.9 Å². The van der Waals surface area contributed by atoms with E-state index in [1.54, 1.807) is 18.2 Å². The quantitative estimate of drug-likeness (QED) is 0.202. The summed E-state index contributed by atoms with van der Waals surface area (Å²) in [6.45, 7) is 5.89. The van der Waals surface area contributed by atoms with E-state index in [-0.39, 0.29) is 5.97 Å². The molecule has 0 amide bonds. The fourth-order valence-electron chi connectivity index (χ4n) is 3.73. The highest BCUT2D eigenvalue weighted by Crippen LogP contribution is 2.38. The van der Waals surface area contributed by atoms with Gasteiger partial charge in [0.15, 0.2) is 0 Å². The van der Waals surface area contributed by atoms with Gasteiger partial charge in [0.2, 0.25) is 0 Å². The summed E-state index contributed by atoms with van der Waals surface area (Å²) in [4.78, 5) is 27.0. The molecule has 0 radical (unpaired) electrons. The molecule has 0 aliphatic carbocycles. The van der Waals surface area contributed by atoms with Gasteiger partial charge < -0.3 is 14.0 Å². The van der Waals surface area contributed by atoms with Crippen molar-refractivity contribution in [3.8, 4) is 0 Å². The van der Waals surface area contributed by atoms with Crippen molar-refractivity contribution in [1.29, 1.82) is 0 Å². The second kappa shape index (κ2) is 11.1. The zero-order valence-electron chi connectivity index (χ0n) is 20.6. The standard InChI is InChI=1S/C28H24BrCl2NO4S/c1-28(2,3)36-26(33)17-7-5-16(6-8-17)15-32-24-13-19(37-18-9-10-22(30)23(31)12-18)11-21(29)20(24)14-25(32)27(34)35-4/h5-14H,15H2,1-4H3. The average molecular weight is 621 g/mol. The largest absolute Gasteiger partial charge is 0.464 e. The van der Waals surface area contributed by atoms with Crippen LogP contribution in [0.3, 0.4) is 0 Å². The van der Waals surface area contributed by atoms with Gasteiger partial charge in [-0.05, 0) is 74.9 Å². The van der Waals surface area contributed by atoms with Crippen LogP contribution in [0.2, 0.25) is 10.0 Å². The molecule has 0 fully saturated rings. The van der Waals surface area contributed by atoms with Crippen LogP contribution in [0.4, 0.5) is 0 Å². The van der Waals surface area contributed by atoms with Gasteiger partial charge >= 0.3 is 11.9 Å². The molecule has 0 N–H and O–H groups in total. The zero-order valence-corrected chi connectivity index (χ0v) is 24.5. The highest BCUT2D eigenvalue weighted by atomic mass is 79.9. The van der Waals surface area contributed by atoms with Gasteiger partial charge in [0.1, 0.15) is 11.3 Å². The predicted octanol–water partition coefficient (Wildman–Crippen LogP) is 8.65. The Bertz CT molecular complexity index is 1490. The Morgan fingerprint density at radius 1 is 0.919 bits per heavy atom. The number of fused-ring (bicyclic) bond motifs is 1. The summed E-state index contributed by atoms with van der Waals surface area (Å²) in [5.74, 6) is -0.819. The van der Waals surface area contributed by atoms with Crippen LogP contribution in [0.1, 0.15) is 47.2 Å². The van der Waals surface area contributed by atoms with Gasteiger partial charge in [0.25, 0.3) is 0 Å². The number of carbonyl (C=O) groups is 2. The molecule has 1 heterocycles. The third-order valence-corrected chi connectivity index (χ3v) is 7.75. The van der Waals surface area contributed by atoms with Crippen LogP contribution in [-0.4, -0.2) is 29.2 Å². The SMILES string of the molecule is COC(=O)c1cc2c(Br)cc(Sc3ccc(Cl)c(Cl)c3)cc2n1Cc1ccc(C(=O)OC(C)(C)C)cc1. The van der Waals surface area contributed by atoms with Crippen LogP contribution < -0.4 is 0 Å². The number of aromatic nitrogens is 1. The number of rotatable bonds is 6. The lowest BCUT2D eigenvalue weighted by molar-refractivity contribution is 0.00693. The molecule has 37 heavy (non-hydrogen) atoms. The summed E-state index contributed by atoms with van der Waals surface area (Å²) >= 11 is 17.5. The van der Waals surface area contributed by atoms with Gasteiger partial charge in [-0.3, -0.25) is 0 Å². The molecule has 192 valence electrons. The van der Waals surface area contributed by atoms with Gasteiger partial charge in [-0.15, -0.1) is 0 Å². The molecular weight excluding hydrogens is 597 g/mol. The average Bonchev–Trinajstić information content (AvgIpc) is 3.19. The number of benzene rings is 3. The Balaban J connectivity index is 1.71. The maximum Gasteiger partial charge on any atom is 0.354 e. The molecule has 4 rings (SSSR count). The topological polar surface area (TPSA) is 57.5 Å². The maximum atomic E-state index is 12.7. The van der Waals surface area contributed by atoms with Crippen molar-refractivity contribution in [1.82, 2.24) is 4.57 Å². The number of halogens is 3. The summed E-state index contributed by atoms with van der Waals surface area (Å²) in [6, 6.07) is 18.5. The monoisotopic (exact) mass is 619 g/mol. The Kier molecular flexibility index (Phi) is 8.29. The van der Waals surface area contributed by atoms with Crippen molar-refractivity contribution in [3.63, 3.8) is 0 Å². The second-order valence-electron chi connectivity index (χ2n) is 9.32. The van der Waals surface area contributed by atoms with E-state index in [4.69, 9.17) is 32.7 Å². The van der Waals surface area contributed by atoms with Crippen molar-refractivity contribution >= 4 is 73.7 Å². The van der Waals surface area contributed by atoms with Gasteiger partial charge in [-0.2, -0.15) is 0 Å².